The summed E-state index contributed by atoms with van der Waals surface area (Å²) in [5, 5.41) is 10.1. The lowest BCUT2D eigenvalue weighted by molar-refractivity contribution is 0.161. The van der Waals surface area contributed by atoms with Crippen molar-refractivity contribution in [2.75, 3.05) is 26.2 Å². The van der Waals surface area contributed by atoms with Crippen LogP contribution in [0.1, 0.15) is 24.5 Å². The van der Waals surface area contributed by atoms with Crippen molar-refractivity contribution in [1.29, 1.82) is 0 Å². The molecule has 0 aromatic heterocycles. The van der Waals surface area contributed by atoms with Crippen LogP contribution in [0.4, 0.5) is 0 Å². The summed E-state index contributed by atoms with van der Waals surface area (Å²) in [6.45, 7) is 0. The SMILES string of the molecule is COc1cccc(C(O)CCCS(C)(=O)=O)c1OC. The Kier molecular flexibility index (Phi) is 5.62. The van der Waals surface area contributed by atoms with E-state index in [0.717, 1.165) is 0 Å². The van der Waals surface area contributed by atoms with Crippen molar-refractivity contribution in [2.45, 2.75) is 18.9 Å². The largest absolute Gasteiger partial charge is 0.493 e. The number of aliphatic hydroxyl groups excluding tert-OH is 1. The normalized spacial score (nSPS) is 13.1. The third-order valence-corrected chi connectivity index (χ3v) is 3.82. The van der Waals surface area contributed by atoms with Crippen LogP contribution in [0, 0.1) is 0 Å². The summed E-state index contributed by atoms with van der Waals surface area (Å²) in [6, 6.07) is 5.24. The van der Waals surface area contributed by atoms with Gasteiger partial charge in [-0.15, -0.1) is 0 Å². The third-order valence-electron chi connectivity index (χ3n) is 2.79. The van der Waals surface area contributed by atoms with Gasteiger partial charge < -0.3 is 14.6 Å². The van der Waals surface area contributed by atoms with Crippen LogP contribution in [-0.2, 0) is 9.84 Å². The van der Waals surface area contributed by atoms with E-state index in [1.165, 1.54) is 20.5 Å². The fourth-order valence-electron chi connectivity index (χ4n) is 1.87. The minimum Gasteiger partial charge on any atom is -0.493 e. The van der Waals surface area contributed by atoms with Gasteiger partial charge in [-0.25, -0.2) is 8.42 Å². The monoisotopic (exact) mass is 288 g/mol. The molecule has 0 aliphatic rings. The zero-order valence-electron chi connectivity index (χ0n) is 11.4. The van der Waals surface area contributed by atoms with E-state index in [1.54, 1.807) is 18.2 Å². The number of hydrogen-bond donors (Lipinski definition) is 1. The molecule has 1 aromatic rings. The van der Waals surface area contributed by atoms with E-state index in [1.807, 2.05) is 0 Å². The standard InChI is InChI=1S/C13H20O5S/c1-17-12-8-4-6-10(13(12)18-2)11(14)7-5-9-19(3,15)16/h4,6,8,11,14H,5,7,9H2,1-3H3. The van der Waals surface area contributed by atoms with Crippen molar-refractivity contribution >= 4 is 9.84 Å². The van der Waals surface area contributed by atoms with E-state index in [0.29, 0.717) is 29.9 Å². The zero-order valence-corrected chi connectivity index (χ0v) is 12.2. The van der Waals surface area contributed by atoms with E-state index in [-0.39, 0.29) is 5.75 Å². The molecule has 0 radical (unpaired) electrons. The van der Waals surface area contributed by atoms with Crippen molar-refractivity contribution in [3.05, 3.63) is 23.8 Å². The number of benzene rings is 1. The Bertz CT molecular complexity index is 510. The molecular formula is C13H20O5S. The second-order valence-corrected chi connectivity index (χ2v) is 6.63. The first-order chi connectivity index (χ1) is 8.89. The number of methoxy groups -OCH3 is 2. The Morgan fingerprint density at radius 3 is 2.47 bits per heavy atom. The molecule has 0 aliphatic heterocycles. The minimum atomic E-state index is -3.00. The Morgan fingerprint density at radius 1 is 1.26 bits per heavy atom. The lowest BCUT2D eigenvalue weighted by atomic mass is 10.0. The van der Waals surface area contributed by atoms with Crippen molar-refractivity contribution in [3.8, 4) is 11.5 Å². The van der Waals surface area contributed by atoms with Crippen LogP contribution in [-0.4, -0.2) is 39.8 Å². The van der Waals surface area contributed by atoms with Crippen LogP contribution in [0.3, 0.4) is 0 Å². The summed E-state index contributed by atoms with van der Waals surface area (Å²) in [6.07, 6.45) is 1.18. The molecule has 0 heterocycles. The van der Waals surface area contributed by atoms with E-state index in [4.69, 9.17) is 9.47 Å². The predicted molar refractivity (Wildman–Crippen MR) is 73.5 cm³/mol. The van der Waals surface area contributed by atoms with E-state index >= 15 is 0 Å². The Balaban J connectivity index is 2.79. The van der Waals surface area contributed by atoms with E-state index in [9.17, 15) is 13.5 Å². The second kappa shape index (κ2) is 6.77. The van der Waals surface area contributed by atoms with E-state index < -0.39 is 15.9 Å². The number of sulfone groups is 1. The Labute approximate surface area is 114 Å². The van der Waals surface area contributed by atoms with Crippen LogP contribution in [0.25, 0.3) is 0 Å². The quantitative estimate of drug-likeness (QED) is 0.824. The van der Waals surface area contributed by atoms with Gasteiger partial charge in [-0.3, -0.25) is 0 Å². The molecule has 0 amide bonds. The maximum absolute atomic E-state index is 11.0. The second-order valence-electron chi connectivity index (χ2n) is 4.37. The number of rotatable bonds is 7. The van der Waals surface area contributed by atoms with Crippen LogP contribution in [0.2, 0.25) is 0 Å². The molecule has 1 rings (SSSR count). The highest BCUT2D eigenvalue weighted by Crippen LogP contribution is 2.35. The summed E-state index contributed by atoms with van der Waals surface area (Å²) in [5.41, 5.74) is 0.607. The van der Waals surface area contributed by atoms with Gasteiger partial charge in [0.15, 0.2) is 11.5 Å². The van der Waals surface area contributed by atoms with Gasteiger partial charge in [0, 0.05) is 17.6 Å². The summed E-state index contributed by atoms with van der Waals surface area (Å²) in [5.74, 6) is 1.09. The lowest BCUT2D eigenvalue weighted by Crippen LogP contribution is -2.07. The van der Waals surface area contributed by atoms with Gasteiger partial charge in [-0.05, 0) is 18.9 Å². The molecule has 0 saturated heterocycles. The van der Waals surface area contributed by atoms with Crippen molar-refractivity contribution in [3.63, 3.8) is 0 Å². The molecule has 1 N–H and O–H groups in total. The molecule has 1 atom stereocenters. The third kappa shape index (κ3) is 4.72. The topological polar surface area (TPSA) is 72.8 Å². The molecule has 1 aromatic carbocycles. The summed E-state index contributed by atoms with van der Waals surface area (Å²) in [4.78, 5) is 0. The average Bonchev–Trinajstić information content (AvgIpc) is 2.35. The summed E-state index contributed by atoms with van der Waals surface area (Å²) >= 11 is 0. The highest BCUT2D eigenvalue weighted by atomic mass is 32.2. The molecule has 6 heteroatoms. The molecule has 5 nitrogen and oxygen atoms in total. The molecule has 19 heavy (non-hydrogen) atoms. The predicted octanol–water partition coefficient (Wildman–Crippen LogP) is 1.56. The maximum atomic E-state index is 11.0. The van der Waals surface area contributed by atoms with Gasteiger partial charge in [0.2, 0.25) is 0 Å². The van der Waals surface area contributed by atoms with Gasteiger partial charge in [0.1, 0.15) is 9.84 Å². The average molecular weight is 288 g/mol. The molecular weight excluding hydrogens is 268 g/mol. The Morgan fingerprint density at radius 2 is 1.95 bits per heavy atom. The van der Waals surface area contributed by atoms with Crippen molar-refractivity contribution in [1.82, 2.24) is 0 Å². The van der Waals surface area contributed by atoms with Crippen molar-refractivity contribution < 1.29 is 23.0 Å². The van der Waals surface area contributed by atoms with Gasteiger partial charge in [-0.2, -0.15) is 0 Å². The highest BCUT2D eigenvalue weighted by Gasteiger charge is 2.17. The van der Waals surface area contributed by atoms with Gasteiger partial charge in [-0.1, -0.05) is 12.1 Å². The highest BCUT2D eigenvalue weighted by molar-refractivity contribution is 7.90. The fourth-order valence-corrected chi connectivity index (χ4v) is 2.56. The minimum absolute atomic E-state index is 0.0658. The Hall–Kier alpha value is -1.27. The molecule has 108 valence electrons. The van der Waals surface area contributed by atoms with Gasteiger partial charge >= 0.3 is 0 Å². The molecule has 0 spiro atoms. The smallest absolute Gasteiger partial charge is 0.166 e. The van der Waals surface area contributed by atoms with Crippen molar-refractivity contribution in [2.24, 2.45) is 0 Å². The maximum Gasteiger partial charge on any atom is 0.166 e. The first-order valence-electron chi connectivity index (χ1n) is 5.95. The number of ether oxygens (including phenoxy) is 2. The first kappa shape index (κ1) is 15.8. The van der Waals surface area contributed by atoms with Crippen LogP contribution < -0.4 is 9.47 Å². The first-order valence-corrected chi connectivity index (χ1v) is 8.01. The van der Waals surface area contributed by atoms with Crippen LogP contribution in [0.15, 0.2) is 18.2 Å². The zero-order chi connectivity index (χ0) is 14.5. The summed E-state index contributed by atoms with van der Waals surface area (Å²) in [7, 11) is 0.0325. The molecule has 1 unspecified atom stereocenters. The molecule has 0 aliphatic carbocycles. The lowest BCUT2D eigenvalue weighted by Gasteiger charge is -2.16. The van der Waals surface area contributed by atoms with Crippen LogP contribution in [0.5, 0.6) is 11.5 Å². The molecule has 0 saturated carbocycles. The van der Waals surface area contributed by atoms with Crippen LogP contribution >= 0.6 is 0 Å². The summed E-state index contributed by atoms with van der Waals surface area (Å²) < 4.78 is 32.5. The van der Waals surface area contributed by atoms with Gasteiger partial charge in [0.05, 0.1) is 20.3 Å². The molecule has 0 fully saturated rings. The number of hydrogen-bond acceptors (Lipinski definition) is 5. The fraction of sp³-hybridized carbons (Fsp3) is 0.538. The number of aliphatic hydroxyl groups is 1. The van der Waals surface area contributed by atoms with Gasteiger partial charge in [0.25, 0.3) is 0 Å². The molecule has 0 bridgehead atoms. The van der Waals surface area contributed by atoms with E-state index in [2.05, 4.69) is 0 Å². The number of para-hydroxylation sites is 1.